The van der Waals surface area contributed by atoms with Gasteiger partial charge in [-0.15, -0.1) is 0 Å². The molecule has 1 aliphatic rings. The van der Waals surface area contributed by atoms with E-state index in [1.54, 1.807) is 0 Å². The standard InChI is InChI=1S/C11H23NO/c1-10(13)8-9-12-11-6-4-2-3-5-7-11/h10-13H,2-9H2,1H3. The molecule has 0 amide bonds. The van der Waals surface area contributed by atoms with E-state index in [2.05, 4.69) is 5.32 Å². The third-order valence-electron chi connectivity index (χ3n) is 2.85. The number of hydrogen-bond acceptors (Lipinski definition) is 2. The highest BCUT2D eigenvalue weighted by Gasteiger charge is 2.10. The summed E-state index contributed by atoms with van der Waals surface area (Å²) in [5.74, 6) is 0. The molecule has 1 aliphatic carbocycles. The van der Waals surface area contributed by atoms with E-state index in [9.17, 15) is 0 Å². The van der Waals surface area contributed by atoms with Gasteiger partial charge in [0.2, 0.25) is 0 Å². The maximum absolute atomic E-state index is 9.10. The van der Waals surface area contributed by atoms with Crippen LogP contribution < -0.4 is 5.32 Å². The van der Waals surface area contributed by atoms with Crippen molar-refractivity contribution < 1.29 is 5.11 Å². The number of hydrogen-bond donors (Lipinski definition) is 2. The largest absolute Gasteiger partial charge is 0.393 e. The SMILES string of the molecule is CC(O)CCNC1CCCCCC1. The van der Waals surface area contributed by atoms with E-state index in [1.807, 2.05) is 6.92 Å². The Hall–Kier alpha value is -0.0800. The van der Waals surface area contributed by atoms with Gasteiger partial charge in [-0.2, -0.15) is 0 Å². The molecule has 0 aliphatic heterocycles. The molecule has 0 saturated heterocycles. The van der Waals surface area contributed by atoms with Crippen LogP contribution >= 0.6 is 0 Å². The first-order chi connectivity index (χ1) is 6.29. The third-order valence-corrected chi connectivity index (χ3v) is 2.85. The fourth-order valence-electron chi connectivity index (χ4n) is 1.98. The zero-order valence-electron chi connectivity index (χ0n) is 8.76. The number of aliphatic hydroxyl groups is 1. The van der Waals surface area contributed by atoms with Gasteiger partial charge in [0.15, 0.2) is 0 Å². The summed E-state index contributed by atoms with van der Waals surface area (Å²) in [6.07, 6.45) is 8.98. The number of aliphatic hydroxyl groups excluding tert-OH is 1. The van der Waals surface area contributed by atoms with Crippen LogP contribution in [0.2, 0.25) is 0 Å². The van der Waals surface area contributed by atoms with Gasteiger partial charge >= 0.3 is 0 Å². The molecular formula is C11H23NO. The Morgan fingerprint density at radius 2 is 1.85 bits per heavy atom. The molecule has 2 heteroatoms. The second-order valence-corrected chi connectivity index (χ2v) is 4.28. The molecule has 2 N–H and O–H groups in total. The predicted octanol–water partition coefficient (Wildman–Crippen LogP) is 2.07. The Balaban J connectivity index is 2.05. The highest BCUT2D eigenvalue weighted by molar-refractivity contribution is 4.70. The van der Waals surface area contributed by atoms with E-state index < -0.39 is 0 Å². The van der Waals surface area contributed by atoms with Crippen LogP contribution in [-0.2, 0) is 0 Å². The van der Waals surface area contributed by atoms with Gasteiger partial charge in [0.25, 0.3) is 0 Å². The van der Waals surface area contributed by atoms with Gasteiger partial charge in [0.1, 0.15) is 0 Å². The monoisotopic (exact) mass is 185 g/mol. The molecule has 0 aromatic rings. The van der Waals surface area contributed by atoms with Crippen molar-refractivity contribution in [3.63, 3.8) is 0 Å². The Labute approximate surface area is 81.7 Å². The average molecular weight is 185 g/mol. The van der Waals surface area contributed by atoms with Crippen LogP contribution in [0, 0.1) is 0 Å². The Morgan fingerprint density at radius 3 is 2.38 bits per heavy atom. The molecule has 1 unspecified atom stereocenters. The van der Waals surface area contributed by atoms with Crippen molar-refractivity contribution in [2.75, 3.05) is 6.54 Å². The van der Waals surface area contributed by atoms with Crippen LogP contribution in [0.3, 0.4) is 0 Å². The summed E-state index contributed by atoms with van der Waals surface area (Å²) in [4.78, 5) is 0. The van der Waals surface area contributed by atoms with Crippen LogP contribution in [0.4, 0.5) is 0 Å². The number of nitrogens with one attached hydrogen (secondary N) is 1. The zero-order chi connectivity index (χ0) is 9.52. The van der Waals surface area contributed by atoms with Crippen LogP contribution in [0.15, 0.2) is 0 Å². The Morgan fingerprint density at radius 1 is 1.23 bits per heavy atom. The molecule has 1 fully saturated rings. The van der Waals surface area contributed by atoms with Crippen LogP contribution in [0.1, 0.15) is 51.9 Å². The molecule has 1 rings (SSSR count). The minimum absolute atomic E-state index is 0.154. The smallest absolute Gasteiger partial charge is 0.0524 e. The summed E-state index contributed by atoms with van der Waals surface area (Å²) >= 11 is 0. The van der Waals surface area contributed by atoms with E-state index >= 15 is 0 Å². The van der Waals surface area contributed by atoms with Crippen LogP contribution in [0.5, 0.6) is 0 Å². The van der Waals surface area contributed by atoms with Crippen LogP contribution in [0.25, 0.3) is 0 Å². The van der Waals surface area contributed by atoms with E-state index in [4.69, 9.17) is 5.11 Å². The van der Waals surface area contributed by atoms with Crippen molar-refractivity contribution in [3.8, 4) is 0 Å². The van der Waals surface area contributed by atoms with Gasteiger partial charge < -0.3 is 10.4 Å². The first-order valence-corrected chi connectivity index (χ1v) is 5.70. The topological polar surface area (TPSA) is 32.3 Å². The average Bonchev–Trinajstić information content (AvgIpc) is 2.32. The molecule has 0 aromatic carbocycles. The molecule has 2 nitrogen and oxygen atoms in total. The lowest BCUT2D eigenvalue weighted by molar-refractivity contribution is 0.181. The fraction of sp³-hybridized carbons (Fsp3) is 1.00. The summed E-state index contributed by atoms with van der Waals surface area (Å²) in [5.41, 5.74) is 0. The molecule has 0 heterocycles. The predicted molar refractivity (Wildman–Crippen MR) is 55.8 cm³/mol. The van der Waals surface area contributed by atoms with Crippen molar-refractivity contribution in [2.45, 2.75) is 64.0 Å². The lowest BCUT2D eigenvalue weighted by Crippen LogP contribution is -2.30. The quantitative estimate of drug-likeness (QED) is 0.657. The maximum Gasteiger partial charge on any atom is 0.0524 e. The van der Waals surface area contributed by atoms with Crippen LogP contribution in [-0.4, -0.2) is 23.8 Å². The highest BCUT2D eigenvalue weighted by atomic mass is 16.3. The van der Waals surface area contributed by atoms with Crippen molar-refractivity contribution in [2.24, 2.45) is 0 Å². The van der Waals surface area contributed by atoms with Gasteiger partial charge in [-0.1, -0.05) is 25.7 Å². The van der Waals surface area contributed by atoms with Crippen molar-refractivity contribution in [1.82, 2.24) is 5.32 Å². The lowest BCUT2D eigenvalue weighted by Gasteiger charge is -2.16. The fourth-order valence-corrected chi connectivity index (χ4v) is 1.98. The Kier molecular flexibility index (Phi) is 5.40. The van der Waals surface area contributed by atoms with E-state index in [-0.39, 0.29) is 6.10 Å². The minimum Gasteiger partial charge on any atom is -0.393 e. The van der Waals surface area contributed by atoms with E-state index in [0.29, 0.717) is 0 Å². The van der Waals surface area contributed by atoms with Gasteiger partial charge in [-0.3, -0.25) is 0 Å². The molecule has 13 heavy (non-hydrogen) atoms. The summed E-state index contributed by atoms with van der Waals surface area (Å²) in [6, 6.07) is 0.723. The molecule has 0 aromatic heterocycles. The lowest BCUT2D eigenvalue weighted by atomic mass is 10.1. The second-order valence-electron chi connectivity index (χ2n) is 4.28. The highest BCUT2D eigenvalue weighted by Crippen LogP contribution is 2.16. The summed E-state index contributed by atoms with van der Waals surface area (Å²) in [5, 5.41) is 12.6. The summed E-state index contributed by atoms with van der Waals surface area (Å²) < 4.78 is 0. The van der Waals surface area contributed by atoms with Gasteiger partial charge in [-0.25, -0.2) is 0 Å². The normalized spacial score (nSPS) is 22.6. The molecule has 1 atom stereocenters. The summed E-state index contributed by atoms with van der Waals surface area (Å²) in [7, 11) is 0. The minimum atomic E-state index is -0.154. The van der Waals surface area contributed by atoms with Crippen molar-refractivity contribution in [1.29, 1.82) is 0 Å². The van der Waals surface area contributed by atoms with E-state index in [0.717, 1.165) is 19.0 Å². The molecular weight excluding hydrogens is 162 g/mol. The zero-order valence-corrected chi connectivity index (χ0v) is 8.76. The second kappa shape index (κ2) is 6.39. The Bertz CT molecular complexity index is 117. The van der Waals surface area contributed by atoms with Gasteiger partial charge in [0, 0.05) is 6.04 Å². The first kappa shape index (κ1) is 11.0. The van der Waals surface area contributed by atoms with Gasteiger partial charge in [-0.05, 0) is 32.7 Å². The molecule has 78 valence electrons. The maximum atomic E-state index is 9.10. The third kappa shape index (κ3) is 5.27. The number of rotatable bonds is 4. The molecule has 1 saturated carbocycles. The first-order valence-electron chi connectivity index (χ1n) is 5.70. The summed E-state index contributed by atoms with van der Waals surface area (Å²) in [6.45, 7) is 2.83. The van der Waals surface area contributed by atoms with Crippen molar-refractivity contribution in [3.05, 3.63) is 0 Å². The molecule has 0 bridgehead atoms. The molecule has 0 spiro atoms. The van der Waals surface area contributed by atoms with Crippen molar-refractivity contribution >= 4 is 0 Å². The molecule has 0 radical (unpaired) electrons. The van der Waals surface area contributed by atoms with E-state index in [1.165, 1.54) is 38.5 Å². The van der Waals surface area contributed by atoms with Gasteiger partial charge in [0.05, 0.1) is 6.10 Å².